The maximum Gasteiger partial charge on any atom is 0.269 e. The van der Waals surface area contributed by atoms with Crippen molar-refractivity contribution in [2.75, 3.05) is 46.0 Å². The quantitative estimate of drug-likeness (QED) is 0.0428. The van der Waals surface area contributed by atoms with E-state index in [2.05, 4.69) is 15.0 Å². The number of aromatic nitrogens is 2. The van der Waals surface area contributed by atoms with E-state index in [1.54, 1.807) is 0 Å². The summed E-state index contributed by atoms with van der Waals surface area (Å²) in [5, 5.41) is 49.6. The van der Waals surface area contributed by atoms with Gasteiger partial charge in [-0.25, -0.2) is 9.97 Å². The molecule has 0 aliphatic carbocycles. The van der Waals surface area contributed by atoms with E-state index < -0.39 is 36.9 Å². The Labute approximate surface area is 274 Å². The van der Waals surface area contributed by atoms with Crippen molar-refractivity contribution < 1.29 is 39.8 Å². The number of hydrogen-bond acceptors (Lipinski definition) is 12. The highest BCUT2D eigenvalue weighted by Gasteiger charge is 2.31. The van der Waals surface area contributed by atoms with Crippen LogP contribution in [0.3, 0.4) is 0 Å². The molecule has 1 amide bonds. The van der Waals surface area contributed by atoms with Crippen LogP contribution >= 0.6 is 0 Å². The van der Waals surface area contributed by atoms with E-state index in [1.165, 1.54) is 12.4 Å². The minimum absolute atomic E-state index is 0.00472. The second-order valence-electron chi connectivity index (χ2n) is 10.9. The molecule has 14 heteroatoms. The van der Waals surface area contributed by atoms with Gasteiger partial charge in [0, 0.05) is 38.6 Å². The van der Waals surface area contributed by atoms with E-state index in [1.807, 2.05) is 59.5 Å². The lowest BCUT2D eigenvalue weighted by atomic mass is 10.0. The highest BCUT2D eigenvalue weighted by molar-refractivity contribution is 6.05. The van der Waals surface area contributed by atoms with Gasteiger partial charge in [-0.1, -0.05) is 30.3 Å². The number of benzene rings is 2. The van der Waals surface area contributed by atoms with E-state index in [0.717, 1.165) is 30.6 Å². The van der Waals surface area contributed by atoms with Gasteiger partial charge in [0.15, 0.2) is 5.69 Å². The predicted octanol–water partition coefficient (Wildman–Crippen LogP) is -0.110. The largest absolute Gasteiger partial charge is 0.494 e. The number of hydrogen-bond donors (Lipinski definition) is 7. The van der Waals surface area contributed by atoms with Crippen LogP contribution in [0, 0.1) is 0 Å². The summed E-state index contributed by atoms with van der Waals surface area (Å²) in [7, 11) is 0. The normalized spacial score (nSPS) is 14.4. The maximum absolute atomic E-state index is 11.5. The SMILES string of the molecule is NC(=O)c1nccnc1C(N)=NCCCCc1ccc(OCCN(CCCOc2ccccc2)C[C@H](O)[C@@H](O)[C@H](O)[C@H](O)CO)cc1. The van der Waals surface area contributed by atoms with E-state index in [-0.39, 0.29) is 23.8 Å². The molecule has 0 fully saturated rings. The van der Waals surface area contributed by atoms with Gasteiger partial charge in [-0.15, -0.1) is 0 Å². The van der Waals surface area contributed by atoms with Crippen LogP contribution in [0.1, 0.15) is 41.0 Å². The summed E-state index contributed by atoms with van der Waals surface area (Å²) in [6.07, 6.45) is -0.409. The van der Waals surface area contributed by atoms with Crippen molar-refractivity contribution in [3.63, 3.8) is 0 Å². The molecule has 4 atom stereocenters. The summed E-state index contributed by atoms with van der Waals surface area (Å²) < 4.78 is 11.7. The van der Waals surface area contributed by atoms with Crippen LogP contribution in [0.2, 0.25) is 0 Å². The first-order valence-corrected chi connectivity index (χ1v) is 15.6. The zero-order valence-corrected chi connectivity index (χ0v) is 26.3. The monoisotopic (exact) mass is 654 g/mol. The number of aliphatic hydroxyl groups is 5. The number of ether oxygens (including phenoxy) is 2. The van der Waals surface area contributed by atoms with Gasteiger partial charge in [0.25, 0.3) is 5.91 Å². The van der Waals surface area contributed by atoms with Crippen LogP contribution in [-0.2, 0) is 6.42 Å². The molecule has 0 unspecified atom stereocenters. The number of carbonyl (C=O) groups is 1. The standard InChI is InChI=1S/C33H46N6O8/c34-32(28-29(33(35)45)37-16-15-36-28)38-14-5-4-7-23-10-12-25(13-11-23)47-20-18-39(17-6-19-46-24-8-2-1-3-9-24)21-26(41)30(43)31(44)27(42)22-40/h1-3,8-13,15-16,26-27,30-31,40-44H,4-7,14,17-22H2,(H2,34,38)(H2,35,45)/t26-,27+,30+,31+/m0/s1. The zero-order valence-electron chi connectivity index (χ0n) is 26.3. The summed E-state index contributed by atoms with van der Waals surface area (Å²) in [6, 6.07) is 17.1. The Morgan fingerprint density at radius 3 is 2.11 bits per heavy atom. The molecule has 0 bridgehead atoms. The van der Waals surface area contributed by atoms with Gasteiger partial charge in [-0.3, -0.25) is 14.7 Å². The molecular weight excluding hydrogens is 608 g/mol. The molecule has 9 N–H and O–H groups in total. The van der Waals surface area contributed by atoms with E-state index in [0.29, 0.717) is 45.0 Å². The summed E-state index contributed by atoms with van der Waals surface area (Å²) in [5.74, 6) is 0.831. The third kappa shape index (κ3) is 12.9. The molecule has 47 heavy (non-hydrogen) atoms. The second-order valence-corrected chi connectivity index (χ2v) is 10.9. The lowest BCUT2D eigenvalue weighted by Crippen LogP contribution is -2.50. The van der Waals surface area contributed by atoms with Gasteiger partial charge < -0.3 is 46.5 Å². The fourth-order valence-electron chi connectivity index (χ4n) is 4.69. The number of rotatable bonds is 22. The maximum atomic E-state index is 11.5. The number of carbonyl (C=O) groups excluding carboxylic acids is 1. The average molecular weight is 655 g/mol. The highest BCUT2D eigenvalue weighted by atomic mass is 16.5. The third-order valence-electron chi connectivity index (χ3n) is 7.33. The van der Waals surface area contributed by atoms with Gasteiger partial charge >= 0.3 is 0 Å². The summed E-state index contributed by atoms with van der Waals surface area (Å²) in [4.78, 5) is 25.7. The number of aliphatic hydroxyl groups excluding tert-OH is 5. The average Bonchev–Trinajstić information content (AvgIpc) is 3.09. The van der Waals surface area contributed by atoms with Crippen LogP contribution in [0.5, 0.6) is 11.5 Å². The number of aryl methyl sites for hydroxylation is 1. The van der Waals surface area contributed by atoms with Crippen LogP contribution in [0.15, 0.2) is 72.0 Å². The van der Waals surface area contributed by atoms with Crippen molar-refractivity contribution in [3.05, 3.63) is 83.9 Å². The molecule has 0 aliphatic rings. The van der Waals surface area contributed by atoms with Crippen molar-refractivity contribution in [1.82, 2.24) is 14.9 Å². The van der Waals surface area contributed by atoms with Crippen molar-refractivity contribution in [3.8, 4) is 11.5 Å². The Morgan fingerprint density at radius 2 is 1.43 bits per heavy atom. The Balaban J connectivity index is 1.44. The molecule has 1 aromatic heterocycles. The topological polar surface area (TPSA) is 230 Å². The van der Waals surface area contributed by atoms with Gasteiger partial charge in [-0.05, 0) is 55.5 Å². The third-order valence-corrected chi connectivity index (χ3v) is 7.33. The number of amidine groups is 1. The van der Waals surface area contributed by atoms with Crippen LogP contribution in [0.4, 0.5) is 0 Å². The number of nitrogens with zero attached hydrogens (tertiary/aromatic N) is 4. The van der Waals surface area contributed by atoms with Crippen LogP contribution < -0.4 is 20.9 Å². The number of para-hydroxylation sites is 1. The van der Waals surface area contributed by atoms with Crippen molar-refractivity contribution >= 4 is 11.7 Å². The first-order chi connectivity index (χ1) is 22.7. The smallest absolute Gasteiger partial charge is 0.269 e. The minimum Gasteiger partial charge on any atom is -0.494 e. The molecule has 0 saturated carbocycles. The molecule has 0 radical (unpaired) electrons. The van der Waals surface area contributed by atoms with E-state index in [9.17, 15) is 25.2 Å². The van der Waals surface area contributed by atoms with Crippen LogP contribution in [0.25, 0.3) is 0 Å². The lowest BCUT2D eigenvalue weighted by Gasteiger charge is -2.30. The molecule has 0 saturated heterocycles. The van der Waals surface area contributed by atoms with Crippen LogP contribution in [-0.4, -0.2) is 123 Å². The van der Waals surface area contributed by atoms with Crippen molar-refractivity contribution in [1.29, 1.82) is 0 Å². The van der Waals surface area contributed by atoms with E-state index in [4.69, 9.17) is 26.0 Å². The first kappa shape index (κ1) is 37.3. The Kier molecular flexibility index (Phi) is 16.0. The number of aliphatic imine (C=N–C) groups is 1. The Hall–Kier alpha value is -4.18. The molecule has 0 aliphatic heterocycles. The fraction of sp³-hybridized carbons (Fsp3) is 0.455. The van der Waals surface area contributed by atoms with Crippen molar-refractivity contribution in [2.45, 2.75) is 50.1 Å². The number of amides is 1. The van der Waals surface area contributed by atoms with Gasteiger partial charge in [-0.2, -0.15) is 0 Å². The fourth-order valence-corrected chi connectivity index (χ4v) is 4.69. The predicted molar refractivity (Wildman–Crippen MR) is 175 cm³/mol. The summed E-state index contributed by atoms with van der Waals surface area (Å²) >= 11 is 0. The number of primary amides is 1. The Bertz CT molecular complexity index is 1360. The van der Waals surface area contributed by atoms with E-state index >= 15 is 0 Å². The molecule has 2 aromatic carbocycles. The zero-order chi connectivity index (χ0) is 34.0. The van der Waals surface area contributed by atoms with Crippen molar-refractivity contribution in [2.24, 2.45) is 16.5 Å². The molecule has 14 nitrogen and oxygen atoms in total. The molecule has 3 rings (SSSR count). The van der Waals surface area contributed by atoms with Gasteiger partial charge in [0.05, 0.1) is 19.3 Å². The summed E-state index contributed by atoms with van der Waals surface area (Å²) in [5.41, 5.74) is 12.6. The lowest BCUT2D eigenvalue weighted by molar-refractivity contribution is -0.119. The second kappa shape index (κ2) is 20.1. The van der Waals surface area contributed by atoms with Gasteiger partial charge in [0.2, 0.25) is 0 Å². The Morgan fingerprint density at radius 1 is 0.787 bits per heavy atom. The molecule has 1 heterocycles. The molecule has 3 aromatic rings. The minimum atomic E-state index is -1.69. The molecule has 256 valence electrons. The molecular formula is C33H46N6O8. The highest BCUT2D eigenvalue weighted by Crippen LogP contribution is 2.15. The first-order valence-electron chi connectivity index (χ1n) is 15.6. The number of unbranched alkanes of at least 4 members (excludes halogenated alkanes) is 1. The van der Waals surface area contributed by atoms with Gasteiger partial charge in [0.1, 0.15) is 47.9 Å². The molecule has 0 spiro atoms. The summed E-state index contributed by atoms with van der Waals surface area (Å²) in [6.45, 7) is 1.38. The number of nitrogens with two attached hydrogens (primary N) is 2.